The van der Waals surface area contributed by atoms with E-state index in [4.69, 9.17) is 27.4 Å². The molecule has 7 nitrogen and oxygen atoms in total. The molecule has 0 aliphatic carbocycles. The Bertz CT molecular complexity index is 332. The van der Waals surface area contributed by atoms with Crippen molar-refractivity contribution < 1.29 is 33.5 Å². The minimum Gasteiger partial charge on any atom is -0.396 e. The Morgan fingerprint density at radius 3 is 1.38 bits per heavy atom. The number of hydrogen-bond donors (Lipinski definition) is 3. The minimum absolute atomic E-state index is 0. The molecular formula is C17H40NaO7S. The summed E-state index contributed by atoms with van der Waals surface area (Å²) in [6.45, 7) is 7.67. The quantitative estimate of drug-likeness (QED) is 0.218. The van der Waals surface area contributed by atoms with E-state index in [2.05, 4.69) is 18.6 Å². The van der Waals surface area contributed by atoms with E-state index in [0.29, 0.717) is 12.7 Å². The average molecular weight is 412 g/mol. The van der Waals surface area contributed by atoms with Crippen LogP contribution in [-0.4, -0.2) is 84.7 Å². The van der Waals surface area contributed by atoms with Crippen LogP contribution < -0.4 is 0 Å². The molecule has 0 spiro atoms. The molecule has 0 bridgehead atoms. The van der Waals surface area contributed by atoms with Crippen molar-refractivity contribution in [2.75, 3.05) is 26.4 Å². The molecule has 9 heteroatoms. The molecule has 0 amide bonds. The molecule has 0 aromatic heterocycles. The van der Waals surface area contributed by atoms with Crippen LogP contribution >= 0.6 is 0 Å². The summed E-state index contributed by atoms with van der Waals surface area (Å²) >= 11 is 0. The summed E-state index contributed by atoms with van der Waals surface area (Å²) in [7, 11) is -4.67. The Balaban J connectivity index is -0.000000154. The Morgan fingerprint density at radius 1 is 0.923 bits per heavy atom. The van der Waals surface area contributed by atoms with Gasteiger partial charge in [0.1, 0.15) is 0 Å². The summed E-state index contributed by atoms with van der Waals surface area (Å²) in [5.74, 6) is 0. The molecule has 2 aliphatic heterocycles. The van der Waals surface area contributed by atoms with Gasteiger partial charge < -0.3 is 14.6 Å². The van der Waals surface area contributed by atoms with E-state index in [-0.39, 0.29) is 31.0 Å². The molecule has 0 aromatic carbocycles. The zero-order valence-electron chi connectivity index (χ0n) is 16.9. The molecule has 1 atom stereocenters. The molecule has 0 saturated carbocycles. The van der Waals surface area contributed by atoms with Gasteiger partial charge in [0, 0.05) is 37.6 Å². The topological polar surface area (TPSA) is 120 Å². The summed E-state index contributed by atoms with van der Waals surface area (Å²) in [5, 5.41) is 8.57. The van der Waals surface area contributed by atoms with Crippen LogP contribution in [0, 0.1) is 0 Å². The third-order valence-electron chi connectivity index (χ3n) is 3.22. The molecule has 26 heavy (non-hydrogen) atoms. The number of epoxide rings is 2. The van der Waals surface area contributed by atoms with E-state index in [1.165, 1.54) is 57.8 Å². The van der Waals surface area contributed by atoms with Gasteiger partial charge >= 0.3 is 10.4 Å². The van der Waals surface area contributed by atoms with Crippen molar-refractivity contribution in [1.29, 1.82) is 0 Å². The van der Waals surface area contributed by atoms with Gasteiger partial charge in [-0.05, 0) is 13.3 Å². The van der Waals surface area contributed by atoms with Crippen LogP contribution in [0.1, 0.15) is 79.5 Å². The molecule has 2 aliphatic rings. The smallest absolute Gasteiger partial charge is 0.394 e. The van der Waals surface area contributed by atoms with E-state index >= 15 is 0 Å². The maximum absolute atomic E-state index is 8.74. The molecule has 1 unspecified atom stereocenters. The van der Waals surface area contributed by atoms with Gasteiger partial charge in [0.2, 0.25) is 0 Å². The predicted octanol–water partition coefficient (Wildman–Crippen LogP) is 3.53. The van der Waals surface area contributed by atoms with Crippen molar-refractivity contribution in [3.63, 3.8) is 0 Å². The monoisotopic (exact) mass is 411 g/mol. The first kappa shape index (κ1) is 31.4. The predicted molar refractivity (Wildman–Crippen MR) is 107 cm³/mol. The molecule has 1 radical (unpaired) electrons. The Kier molecular flexibility index (Phi) is 28.8. The van der Waals surface area contributed by atoms with Crippen molar-refractivity contribution in [2.24, 2.45) is 0 Å². The Hall–Kier alpha value is 0.750. The molecule has 2 saturated heterocycles. The molecule has 0 aromatic rings. The second-order valence-corrected chi connectivity index (χ2v) is 7.01. The van der Waals surface area contributed by atoms with E-state index in [1.54, 1.807) is 0 Å². The summed E-state index contributed by atoms with van der Waals surface area (Å²) < 4.78 is 40.8. The zero-order valence-corrected chi connectivity index (χ0v) is 19.7. The van der Waals surface area contributed by atoms with Gasteiger partial charge in [0.15, 0.2) is 0 Å². The van der Waals surface area contributed by atoms with Gasteiger partial charge in [-0.15, -0.1) is 0 Å². The fourth-order valence-electron chi connectivity index (χ4n) is 1.70. The Morgan fingerprint density at radius 2 is 1.19 bits per heavy atom. The summed E-state index contributed by atoms with van der Waals surface area (Å²) in [5.41, 5.74) is 0. The first-order chi connectivity index (χ1) is 11.8. The molecular weight excluding hydrogens is 371 g/mol. The average Bonchev–Trinajstić information content (AvgIpc) is 3.39. The SMILES string of the molecule is C1CO1.CC1CO1.CCCCCCCCCCCCO.O=S(=O)(O)O.[HH].[Na]. The van der Waals surface area contributed by atoms with Gasteiger partial charge in [-0.3, -0.25) is 9.11 Å². The van der Waals surface area contributed by atoms with E-state index in [0.717, 1.165) is 26.2 Å². The zero-order chi connectivity index (χ0) is 19.4. The van der Waals surface area contributed by atoms with Crippen LogP contribution in [0.2, 0.25) is 0 Å². The molecule has 2 heterocycles. The van der Waals surface area contributed by atoms with Crippen LogP contribution in [0.5, 0.6) is 0 Å². The maximum atomic E-state index is 8.74. The first-order valence-corrected chi connectivity index (χ1v) is 10.7. The molecule has 2 rings (SSSR count). The van der Waals surface area contributed by atoms with Crippen LogP contribution in [0.4, 0.5) is 0 Å². The largest absolute Gasteiger partial charge is 0.396 e. The normalized spacial score (nSPS) is 16.4. The van der Waals surface area contributed by atoms with Crippen molar-refractivity contribution in [3.05, 3.63) is 0 Å². The summed E-state index contributed by atoms with van der Waals surface area (Å²) in [6.07, 6.45) is 13.9. The molecule has 157 valence electrons. The molecule has 2 fully saturated rings. The van der Waals surface area contributed by atoms with Gasteiger partial charge in [-0.25, -0.2) is 0 Å². The summed E-state index contributed by atoms with van der Waals surface area (Å²) in [4.78, 5) is 0. The van der Waals surface area contributed by atoms with Crippen LogP contribution in [0.25, 0.3) is 0 Å². The van der Waals surface area contributed by atoms with Crippen molar-refractivity contribution >= 4 is 40.0 Å². The standard InChI is InChI=1S/C12H26O.C3H6O.C2H4O.Na.H2O4S.H2/c1-2-3-4-5-6-7-8-9-10-11-12-13;1-3-2-4-3;1-2-3-1;;1-5(2,3)4;/h13H,2-12H2,1H3;3H,2H2,1H3;1-2H2;;(H2,1,2,3,4);1H. The number of aliphatic hydroxyl groups is 1. The van der Waals surface area contributed by atoms with E-state index < -0.39 is 10.4 Å². The fraction of sp³-hybridized carbons (Fsp3) is 1.00. The number of aliphatic hydroxyl groups excluding tert-OH is 1. The van der Waals surface area contributed by atoms with Crippen LogP contribution in [0.15, 0.2) is 0 Å². The minimum atomic E-state index is -4.67. The van der Waals surface area contributed by atoms with Gasteiger partial charge in [0.25, 0.3) is 0 Å². The third kappa shape index (κ3) is 64.2. The van der Waals surface area contributed by atoms with E-state index in [1.807, 2.05) is 0 Å². The third-order valence-corrected chi connectivity index (χ3v) is 3.22. The Labute approximate surface area is 183 Å². The van der Waals surface area contributed by atoms with Crippen LogP contribution in [0.3, 0.4) is 0 Å². The fourth-order valence-corrected chi connectivity index (χ4v) is 1.70. The first-order valence-electron chi connectivity index (χ1n) is 9.31. The van der Waals surface area contributed by atoms with Crippen molar-refractivity contribution in [1.82, 2.24) is 0 Å². The summed E-state index contributed by atoms with van der Waals surface area (Å²) in [6, 6.07) is 0. The number of unbranched alkanes of at least 4 members (excludes halogenated alkanes) is 9. The second-order valence-electron chi connectivity index (χ2n) is 6.11. The number of hydrogen-bond acceptors (Lipinski definition) is 5. The second kappa shape index (κ2) is 23.8. The molecule has 3 N–H and O–H groups in total. The maximum Gasteiger partial charge on any atom is 0.394 e. The van der Waals surface area contributed by atoms with Gasteiger partial charge in [-0.1, -0.05) is 64.7 Å². The van der Waals surface area contributed by atoms with Gasteiger partial charge in [-0.2, -0.15) is 8.42 Å². The van der Waals surface area contributed by atoms with Crippen LogP contribution in [-0.2, 0) is 19.9 Å². The van der Waals surface area contributed by atoms with Gasteiger partial charge in [0.05, 0.1) is 25.9 Å². The van der Waals surface area contributed by atoms with Crippen molar-refractivity contribution in [2.45, 2.75) is 84.2 Å². The van der Waals surface area contributed by atoms with E-state index in [9.17, 15) is 0 Å². The number of rotatable bonds is 10. The number of ether oxygens (including phenoxy) is 2. The van der Waals surface area contributed by atoms with Crippen molar-refractivity contribution in [3.8, 4) is 0 Å².